The Kier molecular flexibility index (Phi) is 6.32. The molecule has 1 aliphatic heterocycles. The van der Waals surface area contributed by atoms with E-state index in [1.54, 1.807) is 18.2 Å². The second-order valence-corrected chi connectivity index (χ2v) is 7.68. The number of benzene rings is 1. The van der Waals surface area contributed by atoms with Gasteiger partial charge in [-0.2, -0.15) is 0 Å². The van der Waals surface area contributed by atoms with E-state index in [1.807, 2.05) is 6.92 Å². The van der Waals surface area contributed by atoms with Crippen LogP contribution in [0.1, 0.15) is 19.4 Å². The molecule has 2 rings (SSSR count). The molecule has 1 aliphatic rings. The number of carbonyl (C=O) groups is 2. The third kappa shape index (κ3) is 4.62. The molecule has 0 unspecified atom stereocenters. The van der Waals surface area contributed by atoms with Gasteiger partial charge in [-0.05, 0) is 57.2 Å². The molecule has 0 N–H and O–H groups in total. The minimum atomic E-state index is -0.441. The van der Waals surface area contributed by atoms with Crippen LogP contribution in [0.15, 0.2) is 27.3 Å². The Balaban J connectivity index is 2.37. The first-order chi connectivity index (χ1) is 10.9. The number of hydrogen-bond acceptors (Lipinski definition) is 7. The Morgan fingerprint density at radius 1 is 1.48 bits per heavy atom. The van der Waals surface area contributed by atoms with Crippen LogP contribution in [0.2, 0.25) is 0 Å². The molecule has 0 fully saturated rings. The van der Waals surface area contributed by atoms with Gasteiger partial charge < -0.3 is 9.47 Å². The second-order valence-electron chi connectivity index (χ2n) is 4.36. The van der Waals surface area contributed by atoms with E-state index in [0.29, 0.717) is 21.7 Å². The molecule has 1 aromatic carbocycles. The third-order valence-corrected chi connectivity index (χ3v) is 5.15. The van der Waals surface area contributed by atoms with E-state index in [2.05, 4.69) is 20.9 Å². The van der Waals surface area contributed by atoms with E-state index in [4.69, 9.17) is 9.47 Å². The van der Waals surface area contributed by atoms with E-state index < -0.39 is 5.97 Å². The molecule has 0 saturated carbocycles. The molecule has 1 aromatic rings. The van der Waals surface area contributed by atoms with Crippen molar-refractivity contribution in [2.45, 2.75) is 13.8 Å². The number of carbonyl (C=O) groups excluding carboxylic acids is 2. The van der Waals surface area contributed by atoms with Crippen molar-refractivity contribution in [2.24, 2.45) is 4.99 Å². The van der Waals surface area contributed by atoms with Crippen molar-refractivity contribution in [2.75, 3.05) is 12.9 Å². The summed E-state index contributed by atoms with van der Waals surface area (Å²) in [5, 5.41) is -0.0832. The lowest BCUT2D eigenvalue weighted by Crippen LogP contribution is -2.04. The molecule has 0 radical (unpaired) electrons. The molecule has 1 heterocycles. The van der Waals surface area contributed by atoms with Crippen molar-refractivity contribution >= 4 is 61.0 Å². The molecule has 0 aliphatic carbocycles. The number of esters is 1. The van der Waals surface area contributed by atoms with Gasteiger partial charge in [-0.1, -0.05) is 18.7 Å². The first-order valence-electron chi connectivity index (χ1n) is 6.66. The lowest BCUT2D eigenvalue weighted by molar-refractivity contribution is -0.132. The van der Waals surface area contributed by atoms with Crippen molar-refractivity contribution in [1.82, 2.24) is 0 Å². The van der Waals surface area contributed by atoms with Gasteiger partial charge in [0.25, 0.3) is 0 Å². The van der Waals surface area contributed by atoms with E-state index in [1.165, 1.54) is 25.8 Å². The number of rotatable bonds is 4. The zero-order valence-corrected chi connectivity index (χ0v) is 15.9. The van der Waals surface area contributed by atoms with Crippen molar-refractivity contribution in [1.29, 1.82) is 0 Å². The van der Waals surface area contributed by atoms with Crippen molar-refractivity contribution in [3.8, 4) is 11.5 Å². The second kappa shape index (κ2) is 8.03. The predicted octanol–water partition coefficient (Wildman–Crippen LogP) is 4.11. The van der Waals surface area contributed by atoms with Gasteiger partial charge in [0.05, 0.1) is 11.6 Å². The smallest absolute Gasteiger partial charge is 0.308 e. The number of nitrogens with zero attached hydrogens (tertiary/aromatic N) is 1. The van der Waals surface area contributed by atoms with Crippen molar-refractivity contribution < 1.29 is 19.1 Å². The Morgan fingerprint density at radius 3 is 2.83 bits per heavy atom. The monoisotopic (exact) mass is 415 g/mol. The summed E-state index contributed by atoms with van der Waals surface area (Å²) in [7, 11) is 1.48. The fourth-order valence-electron chi connectivity index (χ4n) is 1.80. The summed E-state index contributed by atoms with van der Waals surface area (Å²) < 4.78 is 11.7. The number of thioether (sulfide) groups is 2. The number of ether oxygens (including phenoxy) is 2. The Bertz CT molecular complexity index is 716. The molecule has 0 saturated heterocycles. The summed E-state index contributed by atoms with van der Waals surface area (Å²) in [6, 6.07) is 3.43. The lowest BCUT2D eigenvalue weighted by atomic mass is 10.1. The zero-order chi connectivity index (χ0) is 17.0. The average molecular weight is 416 g/mol. The molecular weight excluding hydrogens is 402 g/mol. The summed E-state index contributed by atoms with van der Waals surface area (Å²) in [5.74, 6) is 1.12. The molecule has 0 bridgehead atoms. The van der Waals surface area contributed by atoms with Crippen LogP contribution in [0.25, 0.3) is 6.08 Å². The number of halogens is 1. The molecule has 122 valence electrons. The summed E-state index contributed by atoms with van der Waals surface area (Å²) in [5.41, 5.74) is 1.11. The van der Waals surface area contributed by atoms with E-state index in [-0.39, 0.29) is 5.12 Å². The quantitative estimate of drug-likeness (QED) is 0.418. The highest BCUT2D eigenvalue weighted by Gasteiger charge is 2.22. The third-order valence-electron chi connectivity index (χ3n) is 2.67. The minimum absolute atomic E-state index is 0.0832. The Labute approximate surface area is 151 Å². The molecule has 0 amide bonds. The number of methoxy groups -OCH3 is 1. The van der Waals surface area contributed by atoms with Crippen molar-refractivity contribution in [3.05, 3.63) is 27.9 Å². The first-order valence-corrected chi connectivity index (χ1v) is 9.25. The van der Waals surface area contributed by atoms with Crippen molar-refractivity contribution in [3.63, 3.8) is 0 Å². The van der Waals surface area contributed by atoms with Gasteiger partial charge in [0.1, 0.15) is 10.1 Å². The summed E-state index contributed by atoms with van der Waals surface area (Å²) in [6.45, 7) is 3.33. The average Bonchev–Trinajstić information content (AvgIpc) is 2.81. The normalized spacial score (nSPS) is 15.7. The SMILES string of the molecule is CCSC1=N/C(=C\c2cc(Br)c(OC(C)=O)c(OC)c2)C(=O)S1. The largest absolute Gasteiger partial charge is 0.493 e. The van der Waals surface area contributed by atoms with Gasteiger partial charge >= 0.3 is 5.97 Å². The standard InChI is InChI=1S/C15H14BrNO4S2/c1-4-22-15-17-11(14(19)23-15)6-9-5-10(16)13(21-8(2)18)12(7-9)20-3/h5-7H,4H2,1-3H3/b11-6-. The maximum absolute atomic E-state index is 12.0. The highest BCUT2D eigenvalue weighted by molar-refractivity contribution is 9.10. The first kappa shape index (κ1) is 18.1. The van der Waals surface area contributed by atoms with Crippen LogP contribution in [0, 0.1) is 0 Å². The highest BCUT2D eigenvalue weighted by Crippen LogP contribution is 2.38. The molecule has 0 atom stereocenters. The lowest BCUT2D eigenvalue weighted by Gasteiger charge is -2.11. The predicted molar refractivity (Wildman–Crippen MR) is 98.1 cm³/mol. The Hall–Kier alpha value is -1.25. The van der Waals surface area contributed by atoms with Crippen LogP contribution < -0.4 is 9.47 Å². The van der Waals surface area contributed by atoms with Gasteiger partial charge in [-0.15, -0.1) is 0 Å². The fraction of sp³-hybridized carbons (Fsp3) is 0.267. The van der Waals surface area contributed by atoms with E-state index in [0.717, 1.165) is 27.5 Å². The van der Waals surface area contributed by atoms with Gasteiger partial charge in [0.2, 0.25) is 5.12 Å². The summed E-state index contributed by atoms with van der Waals surface area (Å²) >= 11 is 6.03. The topological polar surface area (TPSA) is 65.0 Å². The van der Waals surface area contributed by atoms with Crippen LogP contribution in [0.3, 0.4) is 0 Å². The fourth-order valence-corrected chi connectivity index (χ4v) is 4.08. The van der Waals surface area contributed by atoms with Crippen LogP contribution >= 0.6 is 39.5 Å². The zero-order valence-electron chi connectivity index (χ0n) is 12.7. The van der Waals surface area contributed by atoms with Gasteiger partial charge in [0.15, 0.2) is 11.5 Å². The summed E-state index contributed by atoms with van der Waals surface area (Å²) in [6.07, 6.45) is 1.68. The molecule has 23 heavy (non-hydrogen) atoms. The van der Waals surface area contributed by atoms with Gasteiger partial charge in [-0.25, -0.2) is 4.99 Å². The molecule has 0 aromatic heterocycles. The van der Waals surface area contributed by atoms with Gasteiger partial charge in [0, 0.05) is 6.92 Å². The number of hydrogen-bond donors (Lipinski definition) is 0. The van der Waals surface area contributed by atoms with Crippen LogP contribution in [-0.2, 0) is 9.59 Å². The highest BCUT2D eigenvalue weighted by atomic mass is 79.9. The minimum Gasteiger partial charge on any atom is -0.493 e. The van der Waals surface area contributed by atoms with Crippen LogP contribution in [0.5, 0.6) is 11.5 Å². The molecule has 0 spiro atoms. The van der Waals surface area contributed by atoms with E-state index in [9.17, 15) is 9.59 Å². The summed E-state index contributed by atoms with van der Waals surface area (Å²) in [4.78, 5) is 27.5. The van der Waals surface area contributed by atoms with Crippen LogP contribution in [-0.4, -0.2) is 28.3 Å². The maximum Gasteiger partial charge on any atom is 0.308 e. The van der Waals surface area contributed by atoms with Gasteiger partial charge in [-0.3, -0.25) is 9.59 Å². The molecule has 8 heteroatoms. The molecular formula is C15H14BrNO4S2. The van der Waals surface area contributed by atoms with E-state index >= 15 is 0 Å². The van der Waals surface area contributed by atoms with Crippen LogP contribution in [0.4, 0.5) is 0 Å². The Morgan fingerprint density at radius 2 is 2.22 bits per heavy atom. The number of aliphatic imine (C=N–C) groups is 1. The molecule has 5 nitrogen and oxygen atoms in total. The maximum atomic E-state index is 12.0.